The van der Waals surface area contributed by atoms with Gasteiger partial charge in [0.15, 0.2) is 11.0 Å². The van der Waals surface area contributed by atoms with E-state index in [2.05, 4.69) is 20.1 Å². The SMILES string of the molecule is COCCNC(=O)[C@@H](C)Sc1nnc(COc2ccccc2Cl)n1C1CC1. The molecule has 2 aromatic rings. The van der Waals surface area contributed by atoms with Crippen LogP contribution in [0.1, 0.15) is 31.6 Å². The number of methoxy groups -OCH3 is 1. The molecule has 27 heavy (non-hydrogen) atoms. The zero-order valence-electron chi connectivity index (χ0n) is 15.4. The van der Waals surface area contributed by atoms with E-state index in [0.29, 0.717) is 30.0 Å². The highest BCUT2D eigenvalue weighted by Gasteiger charge is 2.31. The molecule has 146 valence electrons. The molecule has 3 rings (SSSR count). The van der Waals surface area contributed by atoms with Gasteiger partial charge in [-0.05, 0) is 31.9 Å². The number of carbonyl (C=O) groups is 1. The van der Waals surface area contributed by atoms with Gasteiger partial charge in [-0.2, -0.15) is 0 Å². The Kier molecular flexibility index (Phi) is 6.98. The first-order valence-corrected chi connectivity index (χ1v) is 10.1. The van der Waals surface area contributed by atoms with Crippen molar-refractivity contribution in [2.75, 3.05) is 20.3 Å². The third-order valence-corrected chi connectivity index (χ3v) is 5.47. The number of ether oxygens (including phenoxy) is 2. The van der Waals surface area contributed by atoms with Crippen LogP contribution in [0.3, 0.4) is 0 Å². The van der Waals surface area contributed by atoms with Crippen LogP contribution in [0.5, 0.6) is 5.75 Å². The highest BCUT2D eigenvalue weighted by molar-refractivity contribution is 8.00. The van der Waals surface area contributed by atoms with E-state index in [1.807, 2.05) is 25.1 Å². The number of halogens is 1. The molecule has 0 unspecified atom stereocenters. The minimum Gasteiger partial charge on any atom is -0.484 e. The van der Waals surface area contributed by atoms with Crippen LogP contribution in [0.25, 0.3) is 0 Å². The molecular weight excluding hydrogens is 388 g/mol. The Morgan fingerprint density at radius 3 is 2.89 bits per heavy atom. The van der Waals surface area contributed by atoms with Crippen molar-refractivity contribution in [3.8, 4) is 5.75 Å². The normalized spacial score (nSPS) is 14.8. The lowest BCUT2D eigenvalue weighted by molar-refractivity contribution is -0.120. The molecule has 1 atom stereocenters. The fraction of sp³-hybridized carbons (Fsp3) is 0.500. The van der Waals surface area contributed by atoms with E-state index in [1.165, 1.54) is 11.8 Å². The van der Waals surface area contributed by atoms with Gasteiger partial charge in [0.1, 0.15) is 12.4 Å². The van der Waals surface area contributed by atoms with Crippen molar-refractivity contribution < 1.29 is 14.3 Å². The summed E-state index contributed by atoms with van der Waals surface area (Å²) in [7, 11) is 1.61. The number of aromatic nitrogens is 3. The molecule has 0 aliphatic heterocycles. The van der Waals surface area contributed by atoms with Gasteiger partial charge in [0, 0.05) is 19.7 Å². The first kappa shape index (κ1) is 20.0. The van der Waals surface area contributed by atoms with Gasteiger partial charge in [-0.25, -0.2) is 0 Å². The lowest BCUT2D eigenvalue weighted by atomic mass is 10.3. The quantitative estimate of drug-likeness (QED) is 0.479. The standard InChI is InChI=1S/C18H23ClN4O3S/c1-12(17(24)20-9-10-25-2)27-18-22-21-16(23(18)13-7-8-13)11-26-15-6-4-3-5-14(15)19/h3-6,12-13H,7-11H2,1-2H3,(H,20,24)/t12-/m1/s1. The summed E-state index contributed by atoms with van der Waals surface area (Å²) in [6.07, 6.45) is 2.16. The second kappa shape index (κ2) is 9.43. The van der Waals surface area contributed by atoms with E-state index < -0.39 is 0 Å². The Hall–Kier alpha value is -1.77. The van der Waals surface area contributed by atoms with Crippen molar-refractivity contribution in [2.45, 2.75) is 42.8 Å². The number of nitrogens with zero attached hydrogens (tertiary/aromatic N) is 3. The molecule has 1 saturated carbocycles. The summed E-state index contributed by atoms with van der Waals surface area (Å²) >= 11 is 7.55. The summed E-state index contributed by atoms with van der Waals surface area (Å²) in [6, 6.07) is 7.71. The Balaban J connectivity index is 1.65. The Labute approximate surface area is 167 Å². The second-order valence-corrected chi connectivity index (χ2v) is 7.98. The van der Waals surface area contributed by atoms with Gasteiger partial charge in [-0.3, -0.25) is 9.36 Å². The van der Waals surface area contributed by atoms with Crippen molar-refractivity contribution in [2.24, 2.45) is 0 Å². The Bertz CT molecular complexity index is 782. The van der Waals surface area contributed by atoms with Gasteiger partial charge < -0.3 is 14.8 Å². The number of thioether (sulfide) groups is 1. The van der Waals surface area contributed by atoms with Gasteiger partial charge in [0.2, 0.25) is 5.91 Å². The van der Waals surface area contributed by atoms with Crippen LogP contribution in [-0.4, -0.2) is 46.2 Å². The zero-order valence-corrected chi connectivity index (χ0v) is 16.9. The maximum atomic E-state index is 12.2. The summed E-state index contributed by atoms with van der Waals surface area (Å²) in [5.41, 5.74) is 0. The van der Waals surface area contributed by atoms with Crippen molar-refractivity contribution in [3.05, 3.63) is 35.1 Å². The molecule has 0 bridgehead atoms. The topological polar surface area (TPSA) is 78.3 Å². The first-order chi connectivity index (χ1) is 13.1. The number of para-hydroxylation sites is 1. The first-order valence-electron chi connectivity index (χ1n) is 8.84. The smallest absolute Gasteiger partial charge is 0.233 e. The van der Waals surface area contributed by atoms with Crippen LogP contribution >= 0.6 is 23.4 Å². The predicted molar refractivity (Wildman–Crippen MR) is 104 cm³/mol. The fourth-order valence-electron chi connectivity index (χ4n) is 2.52. The summed E-state index contributed by atoms with van der Waals surface area (Å²) in [6.45, 7) is 3.12. The Morgan fingerprint density at radius 1 is 1.41 bits per heavy atom. The number of amides is 1. The van der Waals surface area contributed by atoms with Crippen molar-refractivity contribution in [1.82, 2.24) is 20.1 Å². The number of hydrogen-bond acceptors (Lipinski definition) is 6. The molecular formula is C18H23ClN4O3S. The zero-order chi connectivity index (χ0) is 19.2. The molecule has 1 aromatic heterocycles. The molecule has 1 aliphatic rings. The summed E-state index contributed by atoms with van der Waals surface area (Å²) in [4.78, 5) is 12.2. The highest BCUT2D eigenvalue weighted by Crippen LogP contribution is 2.39. The average Bonchev–Trinajstić information content (AvgIpc) is 3.42. The monoisotopic (exact) mass is 410 g/mol. The van der Waals surface area contributed by atoms with E-state index in [-0.39, 0.29) is 17.8 Å². The average molecular weight is 411 g/mol. The molecule has 7 nitrogen and oxygen atoms in total. The summed E-state index contributed by atoms with van der Waals surface area (Å²) in [5.74, 6) is 1.31. The highest BCUT2D eigenvalue weighted by atomic mass is 35.5. The number of carbonyl (C=O) groups excluding carboxylic acids is 1. The van der Waals surface area contributed by atoms with Crippen LogP contribution in [0.2, 0.25) is 5.02 Å². The summed E-state index contributed by atoms with van der Waals surface area (Å²) in [5, 5.41) is 12.4. The lowest BCUT2D eigenvalue weighted by Crippen LogP contribution is -2.33. The Morgan fingerprint density at radius 2 is 2.19 bits per heavy atom. The van der Waals surface area contributed by atoms with E-state index in [9.17, 15) is 4.79 Å². The van der Waals surface area contributed by atoms with Crippen molar-refractivity contribution in [3.63, 3.8) is 0 Å². The maximum Gasteiger partial charge on any atom is 0.233 e. The van der Waals surface area contributed by atoms with Gasteiger partial charge in [0.25, 0.3) is 0 Å². The predicted octanol–water partition coefficient (Wildman–Crippen LogP) is 3.09. The number of benzene rings is 1. The molecule has 0 radical (unpaired) electrons. The minimum atomic E-state index is -0.277. The van der Waals surface area contributed by atoms with E-state index >= 15 is 0 Å². The molecule has 1 amide bonds. The second-order valence-electron chi connectivity index (χ2n) is 6.26. The van der Waals surface area contributed by atoms with E-state index in [1.54, 1.807) is 13.2 Å². The molecule has 1 N–H and O–H groups in total. The molecule has 1 heterocycles. The lowest BCUT2D eigenvalue weighted by Gasteiger charge is -2.13. The van der Waals surface area contributed by atoms with Crippen molar-refractivity contribution >= 4 is 29.3 Å². The van der Waals surface area contributed by atoms with Crippen LogP contribution in [0.4, 0.5) is 0 Å². The molecule has 0 spiro atoms. The largest absolute Gasteiger partial charge is 0.484 e. The number of rotatable bonds is 10. The molecule has 1 aliphatic carbocycles. The number of nitrogens with one attached hydrogen (secondary N) is 1. The van der Waals surface area contributed by atoms with Gasteiger partial charge in [-0.1, -0.05) is 35.5 Å². The molecule has 9 heteroatoms. The van der Waals surface area contributed by atoms with Crippen molar-refractivity contribution in [1.29, 1.82) is 0 Å². The van der Waals surface area contributed by atoms with Crippen LogP contribution in [-0.2, 0) is 16.1 Å². The van der Waals surface area contributed by atoms with Crippen LogP contribution < -0.4 is 10.1 Å². The number of hydrogen-bond donors (Lipinski definition) is 1. The van der Waals surface area contributed by atoms with E-state index in [0.717, 1.165) is 23.8 Å². The molecule has 1 fully saturated rings. The molecule has 0 saturated heterocycles. The van der Waals surface area contributed by atoms with Gasteiger partial charge >= 0.3 is 0 Å². The summed E-state index contributed by atoms with van der Waals surface area (Å²) < 4.78 is 12.9. The van der Waals surface area contributed by atoms with Crippen LogP contribution in [0.15, 0.2) is 29.4 Å². The van der Waals surface area contributed by atoms with Gasteiger partial charge in [0.05, 0.1) is 16.9 Å². The molecule has 1 aromatic carbocycles. The van der Waals surface area contributed by atoms with E-state index in [4.69, 9.17) is 21.1 Å². The van der Waals surface area contributed by atoms with Crippen LogP contribution in [0, 0.1) is 0 Å². The fourth-order valence-corrected chi connectivity index (χ4v) is 3.67. The maximum absolute atomic E-state index is 12.2. The minimum absolute atomic E-state index is 0.0451. The van der Waals surface area contributed by atoms with Gasteiger partial charge in [-0.15, -0.1) is 10.2 Å². The third-order valence-electron chi connectivity index (χ3n) is 4.10. The third kappa shape index (κ3) is 5.37.